The Balaban J connectivity index is 4.79. The fourth-order valence-electron chi connectivity index (χ4n) is 1.89. The Labute approximate surface area is 102 Å². The van der Waals surface area contributed by atoms with Gasteiger partial charge in [0, 0.05) is 16.2 Å². The van der Waals surface area contributed by atoms with Gasteiger partial charge in [-0.25, -0.2) is 0 Å². The summed E-state index contributed by atoms with van der Waals surface area (Å²) in [6, 6.07) is 0. The van der Waals surface area contributed by atoms with Crippen molar-refractivity contribution >= 4 is 0 Å². The van der Waals surface area contributed by atoms with Crippen molar-refractivity contribution in [2.45, 2.75) is 61.8 Å². The van der Waals surface area contributed by atoms with E-state index in [1.54, 1.807) is 0 Å². The first-order valence-electron chi connectivity index (χ1n) is 5.96. The Morgan fingerprint density at radius 1 is 0.688 bits per heavy atom. The molecule has 16 heavy (non-hydrogen) atoms. The van der Waals surface area contributed by atoms with Crippen molar-refractivity contribution in [1.29, 1.82) is 0 Å². The molecule has 0 heteroatoms. The van der Waals surface area contributed by atoms with E-state index in [9.17, 15) is 0 Å². The molecule has 0 saturated carbocycles. The van der Waals surface area contributed by atoms with E-state index in [1.807, 2.05) is 6.92 Å². The molecule has 0 heterocycles. The van der Waals surface area contributed by atoms with Crippen molar-refractivity contribution in [3.8, 4) is 23.7 Å². The van der Waals surface area contributed by atoms with Crippen molar-refractivity contribution < 1.29 is 0 Å². The molecule has 0 aliphatic carbocycles. The highest BCUT2D eigenvalue weighted by Crippen LogP contribution is 2.33. The average Bonchev–Trinajstić information content (AvgIpc) is 1.97. The standard InChI is InChI=1S/C16H26/c1-9-10-15(5,6)13-16(7,8)12-11-14(2,3)4/h13H2,1-8H3. The van der Waals surface area contributed by atoms with E-state index >= 15 is 0 Å². The smallest absolute Gasteiger partial charge is 0.0272 e. The van der Waals surface area contributed by atoms with E-state index in [-0.39, 0.29) is 16.2 Å². The van der Waals surface area contributed by atoms with Crippen LogP contribution < -0.4 is 0 Å². The van der Waals surface area contributed by atoms with Crippen LogP contribution in [0.3, 0.4) is 0 Å². The molecule has 0 radical (unpaired) electrons. The molecule has 0 atom stereocenters. The lowest BCUT2D eigenvalue weighted by molar-refractivity contribution is 0.316. The summed E-state index contributed by atoms with van der Waals surface area (Å²) in [4.78, 5) is 0. The van der Waals surface area contributed by atoms with Crippen molar-refractivity contribution in [2.75, 3.05) is 0 Å². The lowest BCUT2D eigenvalue weighted by Crippen LogP contribution is -2.21. The van der Waals surface area contributed by atoms with Crippen molar-refractivity contribution in [2.24, 2.45) is 16.2 Å². The third-order valence-corrected chi connectivity index (χ3v) is 2.12. The summed E-state index contributed by atoms with van der Waals surface area (Å²) >= 11 is 0. The minimum atomic E-state index is 0.0284. The summed E-state index contributed by atoms with van der Waals surface area (Å²) in [5, 5.41) is 0. The Bertz CT molecular complexity index is 339. The van der Waals surface area contributed by atoms with Gasteiger partial charge in [0.25, 0.3) is 0 Å². The molecule has 0 N–H and O–H groups in total. The summed E-state index contributed by atoms with van der Waals surface area (Å²) in [6.07, 6.45) is 1.00. The van der Waals surface area contributed by atoms with Crippen LogP contribution in [0.15, 0.2) is 0 Å². The van der Waals surface area contributed by atoms with Crippen LogP contribution in [0, 0.1) is 39.9 Å². The quantitative estimate of drug-likeness (QED) is 0.599. The van der Waals surface area contributed by atoms with Crippen LogP contribution in [0.2, 0.25) is 0 Å². The molecular weight excluding hydrogens is 192 g/mol. The number of rotatable bonds is 2. The van der Waals surface area contributed by atoms with E-state index in [0.717, 1.165) is 6.42 Å². The van der Waals surface area contributed by atoms with E-state index in [4.69, 9.17) is 0 Å². The van der Waals surface area contributed by atoms with Crippen LogP contribution in [-0.4, -0.2) is 0 Å². The van der Waals surface area contributed by atoms with Gasteiger partial charge in [-0.3, -0.25) is 0 Å². The average molecular weight is 218 g/mol. The SMILES string of the molecule is CC#CC(C)(C)CC(C)(C)C#CC(C)(C)C. The highest BCUT2D eigenvalue weighted by molar-refractivity contribution is 5.17. The second-order valence-corrected chi connectivity index (χ2v) is 6.82. The maximum atomic E-state index is 3.40. The minimum absolute atomic E-state index is 0.0284. The van der Waals surface area contributed by atoms with Crippen molar-refractivity contribution in [3.63, 3.8) is 0 Å². The van der Waals surface area contributed by atoms with Crippen molar-refractivity contribution in [1.82, 2.24) is 0 Å². The van der Waals surface area contributed by atoms with E-state index in [2.05, 4.69) is 72.1 Å². The number of hydrogen-bond donors (Lipinski definition) is 0. The van der Waals surface area contributed by atoms with Crippen LogP contribution in [-0.2, 0) is 0 Å². The predicted molar refractivity (Wildman–Crippen MR) is 72.9 cm³/mol. The second-order valence-electron chi connectivity index (χ2n) is 6.82. The summed E-state index contributed by atoms with van der Waals surface area (Å²) in [5.41, 5.74) is 0.156. The molecule has 0 nitrogen and oxygen atoms in total. The molecule has 0 aromatic heterocycles. The van der Waals surface area contributed by atoms with Crippen LogP contribution >= 0.6 is 0 Å². The van der Waals surface area contributed by atoms with Gasteiger partial charge in [0.15, 0.2) is 0 Å². The molecule has 0 spiro atoms. The van der Waals surface area contributed by atoms with Gasteiger partial charge in [0.05, 0.1) is 0 Å². The molecule has 0 bridgehead atoms. The van der Waals surface area contributed by atoms with Gasteiger partial charge in [-0.15, -0.1) is 5.92 Å². The Morgan fingerprint density at radius 2 is 1.12 bits per heavy atom. The monoisotopic (exact) mass is 218 g/mol. The van der Waals surface area contributed by atoms with Crippen LogP contribution in [0.1, 0.15) is 61.8 Å². The lowest BCUT2D eigenvalue weighted by Gasteiger charge is -2.27. The maximum absolute atomic E-state index is 3.40. The van der Waals surface area contributed by atoms with Gasteiger partial charge in [-0.2, -0.15) is 0 Å². The molecule has 0 fully saturated rings. The van der Waals surface area contributed by atoms with Crippen molar-refractivity contribution in [3.05, 3.63) is 0 Å². The number of hydrogen-bond acceptors (Lipinski definition) is 0. The van der Waals surface area contributed by atoms with E-state index in [0.29, 0.717) is 0 Å². The highest BCUT2D eigenvalue weighted by Gasteiger charge is 2.26. The van der Waals surface area contributed by atoms with Gasteiger partial charge in [-0.05, 0) is 61.8 Å². The fraction of sp³-hybridized carbons (Fsp3) is 0.750. The summed E-state index contributed by atoms with van der Waals surface area (Å²) in [7, 11) is 0. The van der Waals surface area contributed by atoms with Gasteiger partial charge in [-0.1, -0.05) is 17.8 Å². The minimum Gasteiger partial charge on any atom is -0.106 e. The Hall–Kier alpha value is -0.880. The zero-order valence-electron chi connectivity index (χ0n) is 12.2. The molecule has 0 aromatic rings. The van der Waals surface area contributed by atoms with Gasteiger partial charge in [0.1, 0.15) is 0 Å². The molecule has 90 valence electrons. The highest BCUT2D eigenvalue weighted by atomic mass is 14.3. The molecule has 0 aromatic carbocycles. The molecule has 0 aliphatic rings. The third-order valence-electron chi connectivity index (χ3n) is 2.12. The topological polar surface area (TPSA) is 0 Å². The van der Waals surface area contributed by atoms with E-state index < -0.39 is 0 Å². The second kappa shape index (κ2) is 4.97. The van der Waals surface area contributed by atoms with Gasteiger partial charge >= 0.3 is 0 Å². The predicted octanol–water partition coefficient (Wildman–Crippen LogP) is 4.50. The van der Waals surface area contributed by atoms with Crippen LogP contribution in [0.4, 0.5) is 0 Å². The molecule has 0 saturated heterocycles. The zero-order chi connectivity index (χ0) is 13.0. The Morgan fingerprint density at radius 3 is 1.50 bits per heavy atom. The molecule has 0 amide bonds. The molecule has 0 unspecified atom stereocenters. The molecule has 0 rings (SSSR count). The first-order chi connectivity index (χ1) is 6.97. The molecule has 0 aliphatic heterocycles. The van der Waals surface area contributed by atoms with Crippen LogP contribution in [0.25, 0.3) is 0 Å². The summed E-state index contributed by atoms with van der Waals surface area (Å²) < 4.78 is 0. The first kappa shape index (κ1) is 15.1. The first-order valence-corrected chi connectivity index (χ1v) is 5.96. The fourth-order valence-corrected chi connectivity index (χ4v) is 1.89. The van der Waals surface area contributed by atoms with Crippen LogP contribution in [0.5, 0.6) is 0 Å². The Kier molecular flexibility index (Phi) is 4.69. The van der Waals surface area contributed by atoms with Gasteiger partial charge < -0.3 is 0 Å². The summed E-state index contributed by atoms with van der Waals surface area (Å²) in [6.45, 7) is 17.1. The largest absolute Gasteiger partial charge is 0.106 e. The maximum Gasteiger partial charge on any atom is 0.0272 e. The zero-order valence-corrected chi connectivity index (χ0v) is 12.2. The normalized spacial score (nSPS) is 12.2. The van der Waals surface area contributed by atoms with Gasteiger partial charge in [0.2, 0.25) is 0 Å². The summed E-state index contributed by atoms with van der Waals surface area (Å²) in [5.74, 6) is 13.0. The van der Waals surface area contributed by atoms with E-state index in [1.165, 1.54) is 0 Å². The lowest BCUT2D eigenvalue weighted by atomic mass is 9.75. The third kappa shape index (κ3) is 7.42. The molecular formula is C16H26.